The fraction of sp³-hybridized carbons (Fsp3) is 0.154. The fourth-order valence-corrected chi connectivity index (χ4v) is 6.36. The van der Waals surface area contributed by atoms with E-state index in [1.807, 2.05) is 22.6 Å². The number of imide groups is 1. The molecule has 0 unspecified atom stereocenters. The van der Waals surface area contributed by atoms with Crippen LogP contribution in [0.1, 0.15) is 12.5 Å². The van der Waals surface area contributed by atoms with Crippen LogP contribution in [-0.2, 0) is 14.9 Å². The third-order valence-corrected chi connectivity index (χ3v) is 8.64. The first-order chi connectivity index (χ1) is 18.6. The van der Waals surface area contributed by atoms with Gasteiger partial charge in [-0.3, -0.25) is 14.5 Å². The van der Waals surface area contributed by atoms with Crippen LogP contribution in [0, 0.1) is 3.57 Å². The summed E-state index contributed by atoms with van der Waals surface area (Å²) in [5.41, 5.74) is 0.530. The van der Waals surface area contributed by atoms with Crippen molar-refractivity contribution in [2.75, 3.05) is 19.8 Å². The summed E-state index contributed by atoms with van der Waals surface area (Å²) in [7, 11) is -4.17. The van der Waals surface area contributed by atoms with Gasteiger partial charge in [-0.15, -0.1) is 0 Å². The number of hydrogen-bond acceptors (Lipinski definition) is 8. The summed E-state index contributed by atoms with van der Waals surface area (Å²) >= 11 is 14.5. The second-order valence-electron chi connectivity index (χ2n) is 7.89. The smallest absolute Gasteiger partial charge is 0.339 e. The van der Waals surface area contributed by atoms with Crippen LogP contribution in [0.4, 0.5) is 4.79 Å². The molecule has 39 heavy (non-hydrogen) atoms. The van der Waals surface area contributed by atoms with Gasteiger partial charge >= 0.3 is 10.1 Å². The van der Waals surface area contributed by atoms with E-state index in [-0.39, 0.29) is 41.1 Å². The number of hydrogen-bond donors (Lipinski definition) is 0. The second-order valence-corrected chi connectivity index (χ2v) is 12.5. The van der Waals surface area contributed by atoms with E-state index in [9.17, 15) is 18.0 Å². The number of benzene rings is 3. The minimum absolute atomic E-state index is 0.0111. The highest BCUT2D eigenvalue weighted by Gasteiger charge is 2.35. The van der Waals surface area contributed by atoms with Crippen molar-refractivity contribution in [2.45, 2.75) is 11.8 Å². The van der Waals surface area contributed by atoms with Crippen LogP contribution < -0.4 is 13.7 Å². The Morgan fingerprint density at radius 3 is 2.26 bits per heavy atom. The van der Waals surface area contributed by atoms with Gasteiger partial charge < -0.3 is 13.7 Å². The molecular formula is C26H20Cl2INO7S2. The van der Waals surface area contributed by atoms with Crippen LogP contribution in [0.15, 0.2) is 70.5 Å². The van der Waals surface area contributed by atoms with E-state index < -0.39 is 21.3 Å². The molecule has 0 N–H and O–H groups in total. The Balaban J connectivity index is 1.52. The summed E-state index contributed by atoms with van der Waals surface area (Å²) < 4.78 is 42.8. The standard InChI is InChI=1S/C26H20Cl2INO7S2/c1-2-35-22-14-16(13-21(29)24(22)37-39(33,34)20-9-5-18(28)6-10-20)15-23-25(31)30(26(32)38-23)11-12-36-19-7-3-17(27)4-8-19/h3-10,13-15H,2,11-12H2,1H3/b23-15-. The summed E-state index contributed by atoms with van der Waals surface area (Å²) in [6, 6.07) is 15.5. The SMILES string of the molecule is CCOc1cc(/C=C2\SC(=O)N(CCOc3ccc(Cl)cc3)C2=O)cc(I)c1OS(=O)(=O)c1ccc(Cl)cc1. The molecule has 13 heteroatoms. The van der Waals surface area contributed by atoms with E-state index in [0.29, 0.717) is 24.9 Å². The molecule has 0 saturated carbocycles. The third-order valence-electron chi connectivity index (χ3n) is 5.20. The van der Waals surface area contributed by atoms with Crippen LogP contribution >= 0.6 is 57.6 Å². The minimum Gasteiger partial charge on any atom is -0.492 e. The molecule has 204 valence electrons. The summed E-state index contributed by atoms with van der Waals surface area (Å²) in [6.07, 6.45) is 1.55. The molecule has 1 saturated heterocycles. The monoisotopic (exact) mass is 719 g/mol. The van der Waals surface area contributed by atoms with Crippen LogP contribution in [-0.4, -0.2) is 44.2 Å². The number of halogens is 3. The Morgan fingerprint density at radius 1 is 0.974 bits per heavy atom. The van der Waals surface area contributed by atoms with Gasteiger partial charge in [-0.05, 0) is 114 Å². The Kier molecular flexibility index (Phi) is 9.70. The highest BCUT2D eigenvalue weighted by molar-refractivity contribution is 14.1. The number of thioether (sulfide) groups is 1. The highest BCUT2D eigenvalue weighted by atomic mass is 127. The molecule has 0 aliphatic carbocycles. The molecule has 4 rings (SSSR count). The molecule has 0 atom stereocenters. The first-order valence-electron chi connectivity index (χ1n) is 11.4. The summed E-state index contributed by atoms with van der Waals surface area (Å²) in [5.74, 6) is 0.296. The van der Waals surface area contributed by atoms with Crippen molar-refractivity contribution in [3.63, 3.8) is 0 Å². The van der Waals surface area contributed by atoms with Gasteiger partial charge in [0.25, 0.3) is 11.1 Å². The zero-order chi connectivity index (χ0) is 28.2. The van der Waals surface area contributed by atoms with E-state index in [2.05, 4.69) is 0 Å². The minimum atomic E-state index is -4.17. The lowest BCUT2D eigenvalue weighted by Gasteiger charge is -2.15. The molecule has 8 nitrogen and oxygen atoms in total. The Labute approximate surface area is 253 Å². The topological polar surface area (TPSA) is 99.2 Å². The summed E-state index contributed by atoms with van der Waals surface area (Å²) in [5, 5.41) is 0.546. The molecule has 0 bridgehead atoms. The number of ether oxygens (including phenoxy) is 2. The van der Waals surface area contributed by atoms with Crippen molar-refractivity contribution in [1.29, 1.82) is 0 Å². The Hall–Kier alpha value is -2.45. The van der Waals surface area contributed by atoms with E-state index in [4.69, 9.17) is 36.9 Å². The molecule has 2 amide bonds. The van der Waals surface area contributed by atoms with E-state index in [1.165, 1.54) is 24.3 Å². The third kappa shape index (κ3) is 7.40. The largest absolute Gasteiger partial charge is 0.492 e. The number of amides is 2. The van der Waals surface area contributed by atoms with E-state index >= 15 is 0 Å². The Morgan fingerprint density at radius 2 is 1.62 bits per heavy atom. The second kappa shape index (κ2) is 12.8. The predicted octanol–water partition coefficient (Wildman–Crippen LogP) is 6.88. The molecule has 0 spiro atoms. The number of carbonyl (C=O) groups excluding carboxylic acids is 2. The average molecular weight is 720 g/mol. The molecule has 1 aliphatic heterocycles. The van der Waals surface area contributed by atoms with Gasteiger partial charge in [0, 0.05) is 10.0 Å². The zero-order valence-electron chi connectivity index (χ0n) is 20.2. The van der Waals surface area contributed by atoms with E-state index in [1.54, 1.807) is 49.4 Å². The number of rotatable bonds is 10. The van der Waals surface area contributed by atoms with Crippen molar-refractivity contribution in [2.24, 2.45) is 0 Å². The first kappa shape index (κ1) is 29.5. The molecule has 1 heterocycles. The first-order valence-corrected chi connectivity index (χ1v) is 15.4. The van der Waals surface area contributed by atoms with Gasteiger partial charge in [-0.25, -0.2) is 0 Å². The zero-order valence-corrected chi connectivity index (χ0v) is 25.5. The lowest BCUT2D eigenvalue weighted by molar-refractivity contribution is -0.123. The van der Waals surface area contributed by atoms with Crippen molar-refractivity contribution >= 4 is 84.9 Å². The van der Waals surface area contributed by atoms with E-state index in [0.717, 1.165) is 16.7 Å². The van der Waals surface area contributed by atoms with Gasteiger partial charge in [0.15, 0.2) is 11.5 Å². The number of nitrogens with zero attached hydrogens (tertiary/aromatic N) is 1. The average Bonchev–Trinajstić information content (AvgIpc) is 3.15. The molecule has 3 aromatic carbocycles. The van der Waals surface area contributed by atoms with Crippen molar-refractivity contribution in [3.05, 3.63) is 84.7 Å². The van der Waals surface area contributed by atoms with Crippen LogP contribution in [0.25, 0.3) is 6.08 Å². The summed E-state index contributed by atoms with van der Waals surface area (Å²) in [6.45, 7) is 2.17. The van der Waals surface area contributed by atoms with Gasteiger partial charge in [-0.2, -0.15) is 8.42 Å². The highest BCUT2D eigenvalue weighted by Crippen LogP contribution is 2.39. The maximum atomic E-state index is 12.9. The van der Waals surface area contributed by atoms with Gasteiger partial charge in [-0.1, -0.05) is 23.2 Å². The fourth-order valence-electron chi connectivity index (χ4n) is 3.40. The normalized spacial score (nSPS) is 14.7. The van der Waals surface area contributed by atoms with Crippen LogP contribution in [0.5, 0.6) is 17.2 Å². The Bertz CT molecular complexity index is 1530. The number of carbonyl (C=O) groups is 2. The van der Waals surface area contributed by atoms with Gasteiger partial charge in [0.1, 0.15) is 17.3 Å². The van der Waals surface area contributed by atoms with Gasteiger partial charge in [0.2, 0.25) is 0 Å². The molecular weight excluding hydrogens is 700 g/mol. The predicted molar refractivity (Wildman–Crippen MR) is 159 cm³/mol. The van der Waals surface area contributed by atoms with Crippen LogP contribution in [0.2, 0.25) is 10.0 Å². The van der Waals surface area contributed by atoms with Crippen molar-refractivity contribution in [1.82, 2.24) is 4.90 Å². The van der Waals surface area contributed by atoms with Crippen LogP contribution in [0.3, 0.4) is 0 Å². The van der Waals surface area contributed by atoms with Gasteiger partial charge in [0.05, 0.1) is 21.6 Å². The molecule has 0 aromatic heterocycles. The molecule has 0 radical (unpaired) electrons. The summed E-state index contributed by atoms with van der Waals surface area (Å²) in [4.78, 5) is 26.7. The maximum Gasteiger partial charge on any atom is 0.339 e. The quantitative estimate of drug-likeness (QED) is 0.127. The maximum absolute atomic E-state index is 12.9. The van der Waals surface area contributed by atoms with Crippen molar-refractivity contribution in [3.8, 4) is 17.2 Å². The lowest BCUT2D eigenvalue weighted by Crippen LogP contribution is -2.32. The molecule has 3 aromatic rings. The molecule has 1 fully saturated rings. The lowest BCUT2D eigenvalue weighted by atomic mass is 10.2. The molecule has 1 aliphatic rings. The van der Waals surface area contributed by atoms with Crippen molar-refractivity contribution < 1.29 is 31.7 Å².